The van der Waals surface area contributed by atoms with Gasteiger partial charge in [-0.2, -0.15) is 0 Å². The molecule has 0 fully saturated rings. The number of aliphatic imine (C=N–C) groups is 1. The molecule has 0 N–H and O–H groups in total. The Kier molecular flexibility index (Phi) is 3.70. The first-order chi connectivity index (χ1) is 11.8. The van der Waals surface area contributed by atoms with E-state index in [0.717, 1.165) is 21.5 Å². The lowest BCUT2D eigenvalue weighted by Gasteiger charge is -2.25. The van der Waals surface area contributed by atoms with Crippen molar-refractivity contribution in [3.05, 3.63) is 53.1 Å². The minimum absolute atomic E-state index is 0.0760. The number of hydrogen-bond acceptors (Lipinski definition) is 4. The van der Waals surface area contributed by atoms with Crippen molar-refractivity contribution >= 4 is 56.9 Å². The van der Waals surface area contributed by atoms with Gasteiger partial charge >= 0.3 is 12.2 Å². The quantitative estimate of drug-likeness (QED) is 0.623. The smallest absolute Gasteiger partial charge is 0.590 e. The molecule has 0 spiro atoms. The molecule has 0 unspecified atom stereocenters. The van der Waals surface area contributed by atoms with Crippen LogP contribution in [0.1, 0.15) is 5.56 Å². The first-order valence-corrected chi connectivity index (χ1v) is 8.75. The Balaban J connectivity index is 1.84. The van der Waals surface area contributed by atoms with Gasteiger partial charge in [0.15, 0.2) is 0 Å². The van der Waals surface area contributed by atoms with Gasteiger partial charge in [0, 0.05) is 29.8 Å². The van der Waals surface area contributed by atoms with Gasteiger partial charge in [0.1, 0.15) is 5.52 Å². The van der Waals surface area contributed by atoms with Crippen molar-refractivity contribution < 1.29 is 17.8 Å². The van der Waals surface area contributed by atoms with Gasteiger partial charge < -0.3 is 22.7 Å². The fraction of sp³-hybridized carbons (Fsp3) is 0.125. The molecule has 3 aromatic rings. The number of rotatable bonds is 2. The van der Waals surface area contributed by atoms with Crippen LogP contribution in [0.15, 0.2) is 47.5 Å². The van der Waals surface area contributed by atoms with Gasteiger partial charge in [0.05, 0.1) is 10.3 Å². The molecule has 2 aromatic carbocycles. The van der Waals surface area contributed by atoms with Crippen LogP contribution in [0.4, 0.5) is 19.5 Å². The van der Waals surface area contributed by atoms with Gasteiger partial charge in [-0.3, -0.25) is 0 Å². The van der Waals surface area contributed by atoms with E-state index in [-0.39, 0.29) is 11.0 Å². The van der Waals surface area contributed by atoms with E-state index >= 15 is 0 Å². The largest absolute Gasteiger partial charge is 0.737 e. The summed E-state index contributed by atoms with van der Waals surface area (Å²) >= 11 is 7.12. The van der Waals surface area contributed by atoms with Gasteiger partial charge in [0.25, 0.3) is 5.90 Å². The first kappa shape index (κ1) is 16.3. The fourth-order valence-electron chi connectivity index (χ4n) is 2.72. The van der Waals surface area contributed by atoms with Crippen molar-refractivity contribution in [2.45, 2.75) is 0 Å². The van der Waals surface area contributed by atoms with Gasteiger partial charge in [-0.15, -0.1) is 0 Å². The van der Waals surface area contributed by atoms with Crippen LogP contribution in [-0.4, -0.2) is 27.0 Å². The summed E-state index contributed by atoms with van der Waals surface area (Å²) in [4.78, 5) is 6.23. The Labute approximate surface area is 152 Å². The van der Waals surface area contributed by atoms with Gasteiger partial charge in [-0.1, -0.05) is 11.6 Å². The second-order valence-electron chi connectivity index (χ2n) is 5.90. The Morgan fingerprint density at radius 1 is 1.16 bits per heavy atom. The average molecular weight is 380 g/mol. The highest BCUT2D eigenvalue weighted by atomic mass is 35.5. The number of anilines is 1. The molecule has 9 heteroatoms. The highest BCUT2D eigenvalue weighted by molar-refractivity contribution is 7.21. The molecule has 0 radical (unpaired) electrons. The van der Waals surface area contributed by atoms with Crippen LogP contribution < -0.4 is 9.38 Å². The molecule has 4 nitrogen and oxygen atoms in total. The molecule has 25 heavy (non-hydrogen) atoms. The van der Waals surface area contributed by atoms with Crippen molar-refractivity contribution in [2.24, 2.45) is 4.99 Å². The van der Waals surface area contributed by atoms with Gasteiger partial charge in [-0.25, -0.2) is 0 Å². The van der Waals surface area contributed by atoms with E-state index in [1.165, 1.54) is 0 Å². The Bertz CT molecular complexity index is 1000. The van der Waals surface area contributed by atoms with E-state index in [1.54, 1.807) is 30.3 Å². The second-order valence-corrected chi connectivity index (χ2v) is 7.35. The molecule has 0 bridgehead atoms. The molecule has 0 aliphatic carbocycles. The molecule has 2 heterocycles. The van der Waals surface area contributed by atoms with E-state index < -0.39 is 7.04 Å². The van der Waals surface area contributed by atoms with E-state index in [0.29, 0.717) is 20.8 Å². The summed E-state index contributed by atoms with van der Waals surface area (Å²) in [7, 11) is -0.454. The Morgan fingerprint density at radius 3 is 2.56 bits per heavy atom. The molecule has 0 saturated heterocycles. The zero-order chi connectivity index (χ0) is 17.8. The van der Waals surface area contributed by atoms with Crippen LogP contribution >= 0.6 is 22.9 Å². The number of thiazole rings is 1. The molecule has 1 aliphatic rings. The number of benzene rings is 2. The summed E-state index contributed by atoms with van der Waals surface area (Å²) in [6.45, 7) is 0. The predicted octanol–water partition coefficient (Wildman–Crippen LogP) is 4.24. The van der Waals surface area contributed by atoms with Crippen LogP contribution in [0.2, 0.25) is 5.02 Å². The normalized spacial score (nSPS) is 15.5. The summed E-state index contributed by atoms with van der Waals surface area (Å²) in [5.41, 5.74) is 1.83. The summed E-state index contributed by atoms with van der Waals surface area (Å²) in [6, 6.07) is 11.9. The predicted molar refractivity (Wildman–Crippen MR) is 98.4 cm³/mol. The maximum atomic E-state index is 14.7. The molecular formula is C16H13BClF2N3OS. The standard InChI is InChI=1S/C16H13BClF2N3OS/c1-22(2)12-6-3-10(4-7-12)15-21-16-23(17(19,20)24-15)13-8-5-11(18)9-14(13)25-16/h3-9H,1-2H3. The van der Waals surface area contributed by atoms with Crippen LogP contribution in [0, 0.1) is 0 Å². The summed E-state index contributed by atoms with van der Waals surface area (Å²) in [5, 5.41) is 0.687. The number of nitrogens with zero attached hydrogens (tertiary/aromatic N) is 3. The summed E-state index contributed by atoms with van der Waals surface area (Å²) < 4.78 is 35.9. The average Bonchev–Trinajstić information content (AvgIpc) is 2.92. The van der Waals surface area contributed by atoms with Gasteiger partial charge in [0.2, 0.25) is 0 Å². The molecule has 1 aliphatic heterocycles. The van der Waals surface area contributed by atoms with Crippen molar-refractivity contribution in [3.8, 4) is 0 Å². The monoisotopic (exact) mass is 379 g/mol. The molecule has 0 saturated carbocycles. The lowest BCUT2D eigenvalue weighted by Crippen LogP contribution is -2.62. The maximum Gasteiger partial charge on any atom is 0.737 e. The molecule has 0 atom stereocenters. The number of fused-ring (bicyclic) bond motifs is 3. The van der Waals surface area contributed by atoms with Crippen molar-refractivity contribution in [3.63, 3.8) is 0 Å². The fourth-order valence-corrected chi connectivity index (χ4v) is 4.06. The highest BCUT2D eigenvalue weighted by Crippen LogP contribution is 2.34. The lowest BCUT2D eigenvalue weighted by atomic mass is 10.0. The second kappa shape index (κ2) is 5.67. The van der Waals surface area contributed by atoms with E-state index in [2.05, 4.69) is 4.99 Å². The third-order valence-electron chi connectivity index (χ3n) is 3.97. The Morgan fingerprint density at radius 2 is 1.88 bits per heavy atom. The van der Waals surface area contributed by atoms with Crippen molar-refractivity contribution in [1.29, 1.82) is 0 Å². The molecule has 1 aromatic heterocycles. The zero-order valence-electron chi connectivity index (χ0n) is 13.4. The first-order valence-electron chi connectivity index (χ1n) is 7.55. The van der Waals surface area contributed by atoms with Crippen LogP contribution in [0.25, 0.3) is 10.2 Å². The van der Waals surface area contributed by atoms with E-state index in [4.69, 9.17) is 16.3 Å². The third-order valence-corrected chi connectivity index (χ3v) is 5.22. The van der Waals surface area contributed by atoms with Crippen molar-refractivity contribution in [2.75, 3.05) is 19.0 Å². The number of hydrogen-bond donors (Lipinski definition) is 0. The third kappa shape index (κ3) is 2.75. The minimum Gasteiger partial charge on any atom is -0.590 e. The maximum absolute atomic E-state index is 14.7. The van der Waals surface area contributed by atoms with Gasteiger partial charge in [-0.05, 0) is 53.8 Å². The summed E-state index contributed by atoms with van der Waals surface area (Å²) in [6.07, 6.45) is 0. The molecule has 4 rings (SSSR count). The van der Waals surface area contributed by atoms with Crippen LogP contribution in [-0.2, 0) is 4.65 Å². The Hall–Kier alpha value is -2.19. The molecule has 128 valence electrons. The van der Waals surface area contributed by atoms with Crippen molar-refractivity contribution in [1.82, 2.24) is 0 Å². The zero-order valence-corrected chi connectivity index (χ0v) is 15.0. The number of halogens is 3. The van der Waals surface area contributed by atoms with Crippen LogP contribution in [0.5, 0.6) is 0 Å². The summed E-state index contributed by atoms with van der Waals surface area (Å²) in [5.74, 6) is -0.0760. The van der Waals surface area contributed by atoms with Crippen LogP contribution in [0.3, 0.4) is 0 Å². The SMILES string of the molecule is CN(C)c1ccc(C2=Nc3sc4cc(Cl)ccc4[n+]3[B-](F)(F)O2)cc1. The minimum atomic E-state index is -4.27. The number of aromatic nitrogens is 1. The lowest BCUT2D eigenvalue weighted by molar-refractivity contribution is -0.536. The van der Waals surface area contributed by atoms with E-state index in [9.17, 15) is 8.63 Å². The highest BCUT2D eigenvalue weighted by Gasteiger charge is 2.48. The molecule has 0 amide bonds. The molecular weight excluding hydrogens is 367 g/mol. The topological polar surface area (TPSA) is 28.7 Å². The van der Waals surface area contributed by atoms with E-state index in [1.807, 2.05) is 31.1 Å².